The summed E-state index contributed by atoms with van der Waals surface area (Å²) < 4.78 is 10.1. The van der Waals surface area contributed by atoms with Gasteiger partial charge in [-0.1, -0.05) is 20.8 Å². The van der Waals surface area contributed by atoms with Gasteiger partial charge in [0.05, 0.1) is 31.3 Å². The van der Waals surface area contributed by atoms with Crippen LogP contribution in [0.3, 0.4) is 0 Å². The monoisotopic (exact) mass is 340 g/mol. The van der Waals surface area contributed by atoms with Gasteiger partial charge in [-0.3, -0.25) is 14.9 Å². The minimum absolute atomic E-state index is 0.122. The van der Waals surface area contributed by atoms with Crippen molar-refractivity contribution in [1.82, 2.24) is 5.32 Å². The second-order valence-electron chi connectivity index (χ2n) is 6.41. The molecule has 0 heterocycles. The molecule has 0 saturated heterocycles. The fraction of sp³-hybridized carbons (Fsp3) is 0.562. The number of carbonyl (C=O) groups is 1. The summed E-state index contributed by atoms with van der Waals surface area (Å²) in [6, 6.07) is 2.42. The zero-order valence-corrected chi connectivity index (χ0v) is 14.6. The Labute approximate surface area is 140 Å². The number of nitrogens with zero attached hydrogens (tertiary/aromatic N) is 1. The number of ether oxygens (including phenoxy) is 2. The van der Waals surface area contributed by atoms with E-state index in [9.17, 15) is 20.0 Å². The van der Waals surface area contributed by atoms with Crippen molar-refractivity contribution in [2.45, 2.75) is 33.3 Å². The number of amides is 1. The van der Waals surface area contributed by atoms with Crippen LogP contribution in [-0.4, -0.2) is 42.8 Å². The predicted octanol–water partition coefficient (Wildman–Crippen LogP) is 2.14. The molecule has 0 aliphatic carbocycles. The highest BCUT2D eigenvalue weighted by atomic mass is 16.6. The summed E-state index contributed by atoms with van der Waals surface area (Å²) in [5.41, 5.74) is -0.801. The van der Waals surface area contributed by atoms with E-state index in [0.29, 0.717) is 6.42 Å². The summed E-state index contributed by atoms with van der Waals surface area (Å²) in [4.78, 5) is 22.8. The van der Waals surface area contributed by atoms with Crippen LogP contribution in [0.5, 0.6) is 11.5 Å². The highest BCUT2D eigenvalue weighted by Gasteiger charge is 2.25. The first-order valence-electron chi connectivity index (χ1n) is 7.48. The zero-order valence-electron chi connectivity index (χ0n) is 14.6. The number of aliphatic hydroxyl groups is 1. The first-order valence-corrected chi connectivity index (χ1v) is 7.48. The lowest BCUT2D eigenvalue weighted by atomic mass is 9.87. The molecular weight excluding hydrogens is 316 g/mol. The van der Waals surface area contributed by atoms with Crippen LogP contribution in [0.15, 0.2) is 12.1 Å². The number of hydrogen-bond acceptors (Lipinski definition) is 6. The van der Waals surface area contributed by atoms with Crippen molar-refractivity contribution in [1.29, 1.82) is 0 Å². The minimum Gasteiger partial charge on any atom is -0.493 e. The Morgan fingerprint density at radius 1 is 1.29 bits per heavy atom. The van der Waals surface area contributed by atoms with Crippen LogP contribution in [0.25, 0.3) is 0 Å². The van der Waals surface area contributed by atoms with Gasteiger partial charge in [0, 0.05) is 12.6 Å². The summed E-state index contributed by atoms with van der Waals surface area (Å²) in [6.07, 6.45) is -0.255. The number of nitrogens with one attached hydrogen (secondary N) is 1. The van der Waals surface area contributed by atoms with Gasteiger partial charge >= 0.3 is 0 Å². The molecule has 0 fully saturated rings. The summed E-state index contributed by atoms with van der Waals surface area (Å²) in [5.74, 6) is -0.212. The first kappa shape index (κ1) is 19.7. The Bertz CT molecular complexity index is 609. The molecule has 1 aromatic carbocycles. The lowest BCUT2D eigenvalue weighted by Crippen LogP contribution is -2.32. The van der Waals surface area contributed by atoms with Gasteiger partial charge in [0.2, 0.25) is 0 Å². The Morgan fingerprint density at radius 3 is 2.29 bits per heavy atom. The molecule has 2 N–H and O–H groups in total. The molecule has 0 radical (unpaired) electrons. The molecule has 0 bridgehead atoms. The number of methoxy groups -OCH3 is 2. The second-order valence-corrected chi connectivity index (χ2v) is 6.41. The first-order chi connectivity index (χ1) is 11.1. The van der Waals surface area contributed by atoms with Gasteiger partial charge in [0.15, 0.2) is 11.5 Å². The molecular formula is C16H24N2O6. The molecule has 0 spiro atoms. The number of aliphatic hydroxyl groups excluding tert-OH is 1. The lowest BCUT2D eigenvalue weighted by molar-refractivity contribution is -0.385. The molecule has 0 aromatic heterocycles. The van der Waals surface area contributed by atoms with Gasteiger partial charge in [-0.2, -0.15) is 0 Å². The quantitative estimate of drug-likeness (QED) is 0.581. The fourth-order valence-electron chi connectivity index (χ4n) is 2.05. The summed E-state index contributed by atoms with van der Waals surface area (Å²) in [7, 11) is 2.74. The third kappa shape index (κ3) is 4.82. The van der Waals surface area contributed by atoms with Gasteiger partial charge in [0.25, 0.3) is 11.6 Å². The van der Waals surface area contributed by atoms with Gasteiger partial charge in [-0.15, -0.1) is 0 Å². The molecule has 1 aromatic rings. The standard InChI is InChI=1S/C16H24N2O6/c1-16(2,3)14(19)6-7-17-15(20)10-8-12(23-4)13(24-5)9-11(10)18(21)22/h8-9,14,19H,6-7H2,1-5H3,(H,17,20). The average molecular weight is 340 g/mol. The Morgan fingerprint density at radius 2 is 1.83 bits per heavy atom. The minimum atomic E-state index is -0.652. The number of hydrogen-bond donors (Lipinski definition) is 2. The van der Waals surface area contributed by atoms with Crippen LogP contribution in [-0.2, 0) is 0 Å². The molecule has 134 valence electrons. The topological polar surface area (TPSA) is 111 Å². The number of benzene rings is 1. The van der Waals surface area contributed by atoms with Crippen molar-refractivity contribution >= 4 is 11.6 Å². The van der Waals surface area contributed by atoms with Crippen LogP contribution in [0, 0.1) is 15.5 Å². The van der Waals surface area contributed by atoms with E-state index in [2.05, 4.69) is 5.32 Å². The van der Waals surface area contributed by atoms with Crippen molar-refractivity contribution in [3.63, 3.8) is 0 Å². The average Bonchev–Trinajstić information content (AvgIpc) is 2.52. The number of nitro groups is 1. The summed E-state index contributed by atoms with van der Waals surface area (Å²) in [5, 5.41) is 23.7. The summed E-state index contributed by atoms with van der Waals surface area (Å²) >= 11 is 0. The van der Waals surface area contributed by atoms with Crippen molar-refractivity contribution in [2.24, 2.45) is 5.41 Å². The van der Waals surface area contributed by atoms with E-state index >= 15 is 0 Å². The maximum Gasteiger partial charge on any atom is 0.286 e. The maximum absolute atomic E-state index is 12.3. The van der Waals surface area contributed by atoms with Gasteiger partial charge in [-0.25, -0.2) is 0 Å². The third-order valence-electron chi connectivity index (χ3n) is 3.65. The van der Waals surface area contributed by atoms with E-state index in [1.165, 1.54) is 20.3 Å². The van der Waals surface area contributed by atoms with Crippen LogP contribution in [0.2, 0.25) is 0 Å². The largest absolute Gasteiger partial charge is 0.493 e. The molecule has 1 atom stereocenters. The fourth-order valence-corrected chi connectivity index (χ4v) is 2.05. The Balaban J connectivity index is 2.95. The number of rotatable bonds is 7. The summed E-state index contributed by atoms with van der Waals surface area (Å²) in [6.45, 7) is 5.86. The molecule has 1 unspecified atom stereocenters. The van der Waals surface area contributed by atoms with E-state index in [1.54, 1.807) is 0 Å². The van der Waals surface area contributed by atoms with E-state index < -0.39 is 16.9 Å². The Kier molecular flexibility index (Phi) is 6.53. The van der Waals surface area contributed by atoms with E-state index in [-0.39, 0.29) is 34.7 Å². The molecule has 0 aliphatic heterocycles. The van der Waals surface area contributed by atoms with Gasteiger partial charge in [-0.05, 0) is 11.8 Å². The molecule has 8 heteroatoms. The molecule has 1 rings (SSSR count). The van der Waals surface area contributed by atoms with Crippen molar-refractivity contribution < 1.29 is 24.3 Å². The maximum atomic E-state index is 12.3. The van der Waals surface area contributed by atoms with Crippen molar-refractivity contribution in [2.75, 3.05) is 20.8 Å². The molecule has 0 aliphatic rings. The van der Waals surface area contributed by atoms with Crippen LogP contribution in [0.1, 0.15) is 37.6 Å². The van der Waals surface area contributed by atoms with E-state index in [1.807, 2.05) is 20.8 Å². The van der Waals surface area contributed by atoms with Crippen LogP contribution < -0.4 is 14.8 Å². The smallest absolute Gasteiger partial charge is 0.286 e. The highest BCUT2D eigenvalue weighted by molar-refractivity contribution is 5.99. The zero-order chi connectivity index (χ0) is 18.5. The van der Waals surface area contributed by atoms with Gasteiger partial charge < -0.3 is 19.9 Å². The van der Waals surface area contributed by atoms with Crippen LogP contribution >= 0.6 is 0 Å². The normalized spacial score (nSPS) is 12.4. The molecule has 1 amide bonds. The van der Waals surface area contributed by atoms with E-state index in [4.69, 9.17) is 9.47 Å². The Hall–Kier alpha value is -2.35. The third-order valence-corrected chi connectivity index (χ3v) is 3.65. The highest BCUT2D eigenvalue weighted by Crippen LogP contribution is 2.34. The lowest BCUT2D eigenvalue weighted by Gasteiger charge is -2.25. The number of nitro benzene ring substituents is 1. The van der Waals surface area contributed by atoms with Crippen molar-refractivity contribution in [3.8, 4) is 11.5 Å². The molecule has 8 nitrogen and oxygen atoms in total. The molecule has 0 saturated carbocycles. The number of carbonyl (C=O) groups excluding carboxylic acids is 1. The van der Waals surface area contributed by atoms with Gasteiger partial charge in [0.1, 0.15) is 5.56 Å². The molecule has 24 heavy (non-hydrogen) atoms. The SMILES string of the molecule is COc1cc(C(=O)NCCC(O)C(C)(C)C)c([N+](=O)[O-])cc1OC. The van der Waals surface area contributed by atoms with E-state index in [0.717, 1.165) is 6.07 Å². The van der Waals surface area contributed by atoms with Crippen molar-refractivity contribution in [3.05, 3.63) is 27.8 Å². The van der Waals surface area contributed by atoms with Crippen LogP contribution in [0.4, 0.5) is 5.69 Å². The second kappa shape index (κ2) is 7.96. The predicted molar refractivity (Wildman–Crippen MR) is 88.6 cm³/mol.